The van der Waals surface area contributed by atoms with Crippen LogP contribution < -0.4 is 10.1 Å². The standard InChI is InChI=1S/C19H22N4O2/c1-15(16-7-9-17(10-8-16)23-14-20-13-22-23)21-11-18(24)12-25-19-5-3-2-4-6-19/h2-10,13-15,18,21,24H,11-12H2,1H3. The zero-order chi connectivity index (χ0) is 17.5. The minimum atomic E-state index is -0.572. The monoisotopic (exact) mass is 338 g/mol. The van der Waals surface area contributed by atoms with Gasteiger partial charge in [-0.25, -0.2) is 9.67 Å². The summed E-state index contributed by atoms with van der Waals surface area (Å²) in [7, 11) is 0. The average molecular weight is 338 g/mol. The van der Waals surface area contributed by atoms with Crippen LogP contribution in [0.1, 0.15) is 18.5 Å². The summed E-state index contributed by atoms with van der Waals surface area (Å²) in [5.41, 5.74) is 2.10. The first-order valence-corrected chi connectivity index (χ1v) is 8.26. The molecular weight excluding hydrogens is 316 g/mol. The van der Waals surface area contributed by atoms with E-state index in [2.05, 4.69) is 22.3 Å². The van der Waals surface area contributed by atoms with Crippen LogP contribution in [0.2, 0.25) is 0 Å². The summed E-state index contributed by atoms with van der Waals surface area (Å²) in [6.45, 7) is 2.78. The number of para-hydroxylation sites is 1. The SMILES string of the molecule is CC(NCC(O)COc1ccccc1)c1ccc(-n2cncn2)cc1. The van der Waals surface area contributed by atoms with Crippen molar-refractivity contribution in [2.75, 3.05) is 13.2 Å². The van der Waals surface area contributed by atoms with Crippen LogP contribution in [0.3, 0.4) is 0 Å². The van der Waals surface area contributed by atoms with E-state index in [9.17, 15) is 5.11 Å². The lowest BCUT2D eigenvalue weighted by Gasteiger charge is -2.18. The maximum Gasteiger partial charge on any atom is 0.138 e. The number of hydrogen-bond donors (Lipinski definition) is 2. The number of hydrogen-bond acceptors (Lipinski definition) is 5. The number of rotatable bonds is 8. The second-order valence-corrected chi connectivity index (χ2v) is 5.84. The molecule has 25 heavy (non-hydrogen) atoms. The van der Waals surface area contributed by atoms with Crippen LogP contribution >= 0.6 is 0 Å². The average Bonchev–Trinajstić information content (AvgIpc) is 3.20. The number of benzene rings is 2. The van der Waals surface area contributed by atoms with Gasteiger partial charge in [0.25, 0.3) is 0 Å². The summed E-state index contributed by atoms with van der Waals surface area (Å²) in [5, 5.41) is 17.5. The van der Waals surface area contributed by atoms with Gasteiger partial charge in [0.2, 0.25) is 0 Å². The van der Waals surface area contributed by atoms with Crippen molar-refractivity contribution >= 4 is 0 Å². The maximum absolute atomic E-state index is 10.1. The van der Waals surface area contributed by atoms with Gasteiger partial charge in [-0.05, 0) is 36.8 Å². The van der Waals surface area contributed by atoms with Crippen LogP contribution in [0.4, 0.5) is 0 Å². The van der Waals surface area contributed by atoms with Crippen molar-refractivity contribution in [1.29, 1.82) is 0 Å². The van der Waals surface area contributed by atoms with Crippen molar-refractivity contribution in [3.05, 3.63) is 72.8 Å². The lowest BCUT2D eigenvalue weighted by atomic mass is 10.1. The molecule has 2 atom stereocenters. The highest BCUT2D eigenvalue weighted by Gasteiger charge is 2.10. The Balaban J connectivity index is 1.46. The number of aliphatic hydroxyl groups is 1. The van der Waals surface area contributed by atoms with Crippen LogP contribution in [0.25, 0.3) is 5.69 Å². The van der Waals surface area contributed by atoms with Gasteiger partial charge in [0.05, 0.1) is 5.69 Å². The highest BCUT2D eigenvalue weighted by molar-refractivity contribution is 5.34. The molecule has 2 N–H and O–H groups in total. The minimum Gasteiger partial charge on any atom is -0.491 e. The van der Waals surface area contributed by atoms with Gasteiger partial charge in [-0.1, -0.05) is 30.3 Å². The van der Waals surface area contributed by atoms with E-state index in [-0.39, 0.29) is 12.6 Å². The van der Waals surface area contributed by atoms with E-state index < -0.39 is 6.10 Å². The Morgan fingerprint density at radius 1 is 1.12 bits per heavy atom. The van der Waals surface area contributed by atoms with E-state index in [0.717, 1.165) is 17.0 Å². The molecule has 6 heteroatoms. The largest absolute Gasteiger partial charge is 0.491 e. The highest BCUT2D eigenvalue weighted by Crippen LogP contribution is 2.15. The molecule has 2 unspecified atom stereocenters. The molecule has 1 aromatic heterocycles. The molecule has 2 aromatic carbocycles. The summed E-state index contributed by atoms with van der Waals surface area (Å²) >= 11 is 0. The molecule has 0 spiro atoms. The van der Waals surface area contributed by atoms with Crippen molar-refractivity contribution in [3.8, 4) is 11.4 Å². The van der Waals surface area contributed by atoms with Gasteiger partial charge >= 0.3 is 0 Å². The highest BCUT2D eigenvalue weighted by atomic mass is 16.5. The first-order valence-electron chi connectivity index (χ1n) is 8.26. The van der Waals surface area contributed by atoms with Crippen molar-refractivity contribution in [2.45, 2.75) is 19.1 Å². The Morgan fingerprint density at radius 2 is 1.88 bits per heavy atom. The predicted molar refractivity (Wildman–Crippen MR) is 95.7 cm³/mol. The van der Waals surface area contributed by atoms with E-state index in [4.69, 9.17) is 4.74 Å². The molecule has 0 saturated heterocycles. The molecule has 0 aliphatic rings. The normalized spacial score (nSPS) is 13.4. The molecule has 0 bridgehead atoms. The van der Waals surface area contributed by atoms with Crippen molar-refractivity contribution in [1.82, 2.24) is 20.1 Å². The Kier molecular flexibility index (Phi) is 5.77. The van der Waals surface area contributed by atoms with Crippen molar-refractivity contribution in [2.24, 2.45) is 0 Å². The van der Waals surface area contributed by atoms with E-state index in [1.807, 2.05) is 54.6 Å². The molecule has 3 aromatic rings. The lowest BCUT2D eigenvalue weighted by molar-refractivity contribution is 0.104. The Hall–Kier alpha value is -2.70. The molecule has 0 aliphatic heterocycles. The van der Waals surface area contributed by atoms with E-state index >= 15 is 0 Å². The number of nitrogens with one attached hydrogen (secondary N) is 1. The van der Waals surface area contributed by atoms with Crippen LogP contribution in [0, 0.1) is 0 Å². The maximum atomic E-state index is 10.1. The third-order valence-electron chi connectivity index (χ3n) is 3.92. The molecule has 6 nitrogen and oxygen atoms in total. The van der Waals surface area contributed by atoms with Gasteiger partial charge in [0, 0.05) is 12.6 Å². The van der Waals surface area contributed by atoms with Crippen LogP contribution in [-0.4, -0.2) is 39.1 Å². The molecule has 130 valence electrons. The molecule has 0 fully saturated rings. The minimum absolute atomic E-state index is 0.121. The zero-order valence-electron chi connectivity index (χ0n) is 14.1. The summed E-state index contributed by atoms with van der Waals surface area (Å²) in [6.07, 6.45) is 2.61. The third-order valence-corrected chi connectivity index (χ3v) is 3.92. The fourth-order valence-corrected chi connectivity index (χ4v) is 2.46. The molecule has 0 aliphatic carbocycles. The summed E-state index contributed by atoms with van der Waals surface area (Å²) in [5.74, 6) is 0.762. The molecule has 0 saturated carbocycles. The Bertz CT molecular complexity index is 745. The van der Waals surface area contributed by atoms with Crippen LogP contribution in [0.5, 0.6) is 5.75 Å². The van der Waals surface area contributed by atoms with E-state index in [1.165, 1.54) is 6.33 Å². The first kappa shape index (κ1) is 17.1. The smallest absolute Gasteiger partial charge is 0.138 e. The molecule has 0 radical (unpaired) electrons. The van der Waals surface area contributed by atoms with Gasteiger partial charge in [-0.15, -0.1) is 0 Å². The summed E-state index contributed by atoms with van der Waals surface area (Å²) in [6, 6.07) is 17.7. The molecular formula is C19H22N4O2. The van der Waals surface area contributed by atoms with Gasteiger partial charge in [0.1, 0.15) is 31.1 Å². The van der Waals surface area contributed by atoms with E-state index in [1.54, 1.807) is 11.0 Å². The third kappa shape index (κ3) is 4.89. The predicted octanol–water partition coefficient (Wildman–Crippen LogP) is 2.36. The van der Waals surface area contributed by atoms with Crippen LogP contribution in [-0.2, 0) is 0 Å². The second-order valence-electron chi connectivity index (χ2n) is 5.84. The van der Waals surface area contributed by atoms with Crippen LogP contribution in [0.15, 0.2) is 67.3 Å². The first-order chi connectivity index (χ1) is 12.2. The van der Waals surface area contributed by atoms with Gasteiger partial charge in [-0.3, -0.25) is 0 Å². The van der Waals surface area contributed by atoms with Gasteiger partial charge in [-0.2, -0.15) is 5.10 Å². The topological polar surface area (TPSA) is 72.2 Å². The molecule has 3 rings (SSSR count). The summed E-state index contributed by atoms with van der Waals surface area (Å²) in [4.78, 5) is 3.94. The van der Waals surface area contributed by atoms with Crippen molar-refractivity contribution < 1.29 is 9.84 Å². The Morgan fingerprint density at radius 3 is 2.56 bits per heavy atom. The van der Waals surface area contributed by atoms with Crippen molar-refractivity contribution in [3.63, 3.8) is 0 Å². The number of nitrogens with zero attached hydrogens (tertiary/aromatic N) is 3. The number of aliphatic hydroxyl groups excluding tert-OH is 1. The van der Waals surface area contributed by atoms with Gasteiger partial charge < -0.3 is 15.2 Å². The summed E-state index contributed by atoms with van der Waals surface area (Å²) < 4.78 is 7.27. The quantitative estimate of drug-likeness (QED) is 0.660. The lowest BCUT2D eigenvalue weighted by Crippen LogP contribution is -2.33. The van der Waals surface area contributed by atoms with E-state index in [0.29, 0.717) is 6.54 Å². The molecule has 1 heterocycles. The number of ether oxygens (including phenoxy) is 1. The fourth-order valence-electron chi connectivity index (χ4n) is 2.46. The number of aromatic nitrogens is 3. The second kappa shape index (κ2) is 8.41. The Labute approximate surface area is 147 Å². The molecule has 0 amide bonds. The fraction of sp³-hybridized carbons (Fsp3) is 0.263. The van der Waals surface area contributed by atoms with Gasteiger partial charge in [0.15, 0.2) is 0 Å². The zero-order valence-corrected chi connectivity index (χ0v) is 14.1.